The Kier molecular flexibility index (Phi) is 4.89. The lowest BCUT2D eigenvalue weighted by Gasteiger charge is -2.16. The smallest absolute Gasteiger partial charge is 0.244 e. The number of hydrogen-bond acceptors (Lipinski definition) is 4. The number of carbonyl (C=O) groups is 1. The first-order valence-corrected chi connectivity index (χ1v) is 11.3. The van der Waals surface area contributed by atoms with Gasteiger partial charge >= 0.3 is 0 Å². The van der Waals surface area contributed by atoms with Crippen LogP contribution in [0.3, 0.4) is 0 Å². The number of nitrogens with zero attached hydrogens (tertiary/aromatic N) is 1. The number of fused-ring (bicyclic) bond motifs is 3. The van der Waals surface area contributed by atoms with Crippen LogP contribution in [0.25, 0.3) is 28.2 Å². The summed E-state index contributed by atoms with van der Waals surface area (Å²) in [6.07, 6.45) is 3.32. The molecule has 0 spiro atoms. The van der Waals surface area contributed by atoms with E-state index < -0.39 is 12.1 Å². The lowest BCUT2D eigenvalue weighted by atomic mass is 10.0. The monoisotopic (exact) mass is 452 g/mol. The van der Waals surface area contributed by atoms with E-state index in [2.05, 4.69) is 22.0 Å². The fraction of sp³-hybridized carbons (Fsp3) is 0.179. The van der Waals surface area contributed by atoms with Crippen LogP contribution in [0.15, 0.2) is 72.8 Å². The summed E-state index contributed by atoms with van der Waals surface area (Å²) < 4.78 is 13.2. The number of aliphatic hydroxyl groups is 1. The Hall–Kier alpha value is -4.03. The molecule has 2 heterocycles. The van der Waals surface area contributed by atoms with Gasteiger partial charge in [-0.1, -0.05) is 42.5 Å². The van der Waals surface area contributed by atoms with Crippen molar-refractivity contribution in [3.05, 3.63) is 89.5 Å². The van der Waals surface area contributed by atoms with Crippen molar-refractivity contribution in [3.63, 3.8) is 0 Å². The summed E-state index contributed by atoms with van der Waals surface area (Å²) in [5, 5.41) is 14.5. The van der Waals surface area contributed by atoms with Crippen LogP contribution in [0.5, 0.6) is 11.5 Å². The molecule has 0 bridgehead atoms. The molecule has 0 fully saturated rings. The minimum Gasteiger partial charge on any atom is -0.454 e. The van der Waals surface area contributed by atoms with Gasteiger partial charge in [-0.15, -0.1) is 0 Å². The van der Waals surface area contributed by atoms with E-state index in [0.717, 1.165) is 44.6 Å². The minimum atomic E-state index is -0.628. The molecule has 2 aliphatic rings. The minimum absolute atomic E-state index is 0.219. The largest absolute Gasteiger partial charge is 0.454 e. The Bertz CT molecular complexity index is 1450. The van der Waals surface area contributed by atoms with Gasteiger partial charge in [-0.3, -0.25) is 4.79 Å². The van der Waals surface area contributed by atoms with E-state index in [1.54, 1.807) is 6.08 Å². The number of nitrogens with one attached hydrogen (secondary N) is 1. The summed E-state index contributed by atoms with van der Waals surface area (Å²) in [4.78, 5) is 12.9. The van der Waals surface area contributed by atoms with E-state index in [4.69, 9.17) is 9.47 Å². The van der Waals surface area contributed by atoms with Gasteiger partial charge in [-0.2, -0.15) is 0 Å². The number of aryl methyl sites for hydroxylation is 1. The van der Waals surface area contributed by atoms with E-state index >= 15 is 0 Å². The van der Waals surface area contributed by atoms with Gasteiger partial charge in [-0.05, 0) is 41.5 Å². The fourth-order valence-electron chi connectivity index (χ4n) is 5.09. The van der Waals surface area contributed by atoms with Crippen LogP contribution in [-0.4, -0.2) is 28.5 Å². The number of para-hydroxylation sites is 1. The zero-order valence-electron chi connectivity index (χ0n) is 18.7. The highest BCUT2D eigenvalue weighted by Crippen LogP contribution is 2.40. The third-order valence-corrected chi connectivity index (χ3v) is 6.70. The van der Waals surface area contributed by atoms with Gasteiger partial charge in [0.25, 0.3) is 0 Å². The number of hydrogen-bond donors (Lipinski definition) is 2. The molecule has 0 radical (unpaired) electrons. The second kappa shape index (κ2) is 8.08. The van der Waals surface area contributed by atoms with Crippen molar-refractivity contribution in [1.29, 1.82) is 0 Å². The molecule has 4 aromatic rings. The van der Waals surface area contributed by atoms with Crippen molar-refractivity contribution >= 4 is 22.9 Å². The molecule has 1 aliphatic heterocycles. The molecule has 2 N–H and O–H groups in total. The van der Waals surface area contributed by atoms with Gasteiger partial charge < -0.3 is 24.5 Å². The van der Waals surface area contributed by atoms with Gasteiger partial charge in [0.15, 0.2) is 11.5 Å². The van der Waals surface area contributed by atoms with Crippen LogP contribution >= 0.6 is 0 Å². The molecule has 0 saturated heterocycles. The summed E-state index contributed by atoms with van der Waals surface area (Å²) >= 11 is 0. The zero-order valence-corrected chi connectivity index (χ0v) is 18.7. The number of aromatic nitrogens is 1. The van der Waals surface area contributed by atoms with Crippen LogP contribution in [-0.2, 0) is 18.3 Å². The zero-order chi connectivity index (χ0) is 23.2. The van der Waals surface area contributed by atoms with Crippen molar-refractivity contribution in [1.82, 2.24) is 9.88 Å². The molecular formula is C28H24N2O4. The number of aliphatic hydroxyl groups excluding tert-OH is 1. The molecular weight excluding hydrogens is 428 g/mol. The maximum absolute atomic E-state index is 12.9. The predicted molar refractivity (Wildman–Crippen MR) is 131 cm³/mol. The molecule has 170 valence electrons. The number of amides is 1. The van der Waals surface area contributed by atoms with E-state index in [9.17, 15) is 9.90 Å². The Morgan fingerprint density at radius 3 is 2.76 bits per heavy atom. The lowest BCUT2D eigenvalue weighted by molar-refractivity contribution is -0.117. The Labute approximate surface area is 197 Å². The van der Waals surface area contributed by atoms with Crippen LogP contribution in [0.2, 0.25) is 0 Å². The first kappa shape index (κ1) is 20.6. The van der Waals surface area contributed by atoms with Crippen LogP contribution < -0.4 is 14.8 Å². The molecule has 0 unspecified atom stereocenters. The highest BCUT2D eigenvalue weighted by molar-refractivity contribution is 6.01. The molecule has 2 atom stereocenters. The second-order valence-corrected chi connectivity index (χ2v) is 8.70. The predicted octanol–water partition coefficient (Wildman–Crippen LogP) is 4.36. The van der Waals surface area contributed by atoms with E-state index in [1.165, 1.54) is 0 Å². The highest BCUT2D eigenvalue weighted by atomic mass is 16.7. The SMILES string of the molecule is Cn1c(-c2ccc3c(c2)OCO3)c(C=CC(=O)N[C@@H]2c3ccccc3C[C@@H]2O)c2ccccc21. The maximum atomic E-state index is 12.9. The van der Waals surface area contributed by atoms with Crippen molar-refractivity contribution in [2.24, 2.45) is 7.05 Å². The Balaban J connectivity index is 1.36. The molecule has 0 saturated carbocycles. The molecule has 1 amide bonds. The number of ether oxygens (including phenoxy) is 2. The van der Waals surface area contributed by atoms with Crippen molar-refractivity contribution in [2.45, 2.75) is 18.6 Å². The van der Waals surface area contributed by atoms with Gasteiger partial charge in [-0.25, -0.2) is 0 Å². The topological polar surface area (TPSA) is 72.7 Å². The second-order valence-electron chi connectivity index (χ2n) is 8.70. The van der Waals surface area contributed by atoms with Gasteiger partial charge in [0.1, 0.15) is 0 Å². The Morgan fingerprint density at radius 1 is 1.06 bits per heavy atom. The van der Waals surface area contributed by atoms with Crippen LogP contribution in [0.4, 0.5) is 0 Å². The van der Waals surface area contributed by atoms with E-state index in [1.807, 2.05) is 67.7 Å². The van der Waals surface area contributed by atoms with E-state index in [0.29, 0.717) is 12.2 Å². The van der Waals surface area contributed by atoms with Crippen molar-refractivity contribution in [3.8, 4) is 22.8 Å². The summed E-state index contributed by atoms with van der Waals surface area (Å²) in [6.45, 7) is 0.219. The molecule has 34 heavy (non-hydrogen) atoms. The average molecular weight is 453 g/mol. The van der Waals surface area contributed by atoms with E-state index in [-0.39, 0.29) is 12.7 Å². The first-order valence-electron chi connectivity index (χ1n) is 11.3. The van der Waals surface area contributed by atoms with Gasteiger partial charge in [0.2, 0.25) is 12.7 Å². The summed E-state index contributed by atoms with van der Waals surface area (Å²) in [5.74, 6) is 1.20. The van der Waals surface area contributed by atoms with Gasteiger partial charge in [0.05, 0.1) is 17.8 Å². The Morgan fingerprint density at radius 2 is 1.85 bits per heavy atom. The molecule has 1 aliphatic carbocycles. The molecule has 6 nitrogen and oxygen atoms in total. The summed E-state index contributed by atoms with van der Waals surface area (Å²) in [6, 6.07) is 21.4. The quantitative estimate of drug-likeness (QED) is 0.451. The number of carbonyl (C=O) groups excluding carboxylic acids is 1. The molecule has 6 heteroatoms. The third kappa shape index (κ3) is 3.35. The van der Waals surface area contributed by atoms with Crippen molar-refractivity contribution < 1.29 is 19.4 Å². The molecule has 3 aromatic carbocycles. The summed E-state index contributed by atoms with van der Waals surface area (Å²) in [7, 11) is 2.02. The normalized spacial score (nSPS) is 18.5. The highest BCUT2D eigenvalue weighted by Gasteiger charge is 2.31. The average Bonchev–Trinajstić information content (AvgIpc) is 3.52. The fourth-order valence-corrected chi connectivity index (χ4v) is 5.09. The van der Waals surface area contributed by atoms with Crippen LogP contribution in [0, 0.1) is 0 Å². The number of rotatable bonds is 4. The standard InChI is InChI=1S/C28H24N2O4/c1-30-22-9-5-4-8-20(22)21(28(30)18-10-12-24-25(15-18)34-16-33-24)11-13-26(32)29-27-19-7-3-2-6-17(19)14-23(27)31/h2-13,15,23,27,31H,14,16H2,1H3,(H,29,32)/t23-,27+/m0/s1. The molecule has 6 rings (SSSR count). The lowest BCUT2D eigenvalue weighted by Crippen LogP contribution is -2.32. The summed E-state index contributed by atoms with van der Waals surface area (Å²) in [5.41, 5.74) is 6.01. The van der Waals surface area contributed by atoms with Gasteiger partial charge in [0, 0.05) is 41.6 Å². The van der Waals surface area contributed by atoms with Crippen molar-refractivity contribution in [2.75, 3.05) is 6.79 Å². The maximum Gasteiger partial charge on any atom is 0.244 e. The molecule has 1 aromatic heterocycles. The first-order chi connectivity index (χ1) is 16.6. The number of benzene rings is 3. The van der Waals surface area contributed by atoms with Crippen LogP contribution in [0.1, 0.15) is 22.7 Å². The third-order valence-electron chi connectivity index (χ3n) is 6.70.